The normalized spacial score (nSPS) is 12.4. The van der Waals surface area contributed by atoms with E-state index in [2.05, 4.69) is 0 Å². The van der Waals surface area contributed by atoms with Crippen LogP contribution in [0, 0.1) is 0 Å². The second kappa shape index (κ2) is 4.83. The maximum atomic E-state index is 11.9. The van der Waals surface area contributed by atoms with E-state index in [1.165, 1.54) is 12.1 Å². The average Bonchev–Trinajstić information content (AvgIpc) is 2.46. The van der Waals surface area contributed by atoms with Crippen LogP contribution in [0.3, 0.4) is 0 Å². The van der Waals surface area contributed by atoms with Gasteiger partial charge in [0.25, 0.3) is 0 Å². The van der Waals surface area contributed by atoms with Crippen molar-refractivity contribution in [2.45, 2.75) is 6.10 Å². The van der Waals surface area contributed by atoms with E-state index in [4.69, 9.17) is 4.42 Å². The lowest BCUT2D eigenvalue weighted by atomic mass is 10.0. The highest BCUT2D eigenvalue weighted by atomic mass is 16.4. The molecule has 2 aromatic carbocycles. The second-order valence-corrected chi connectivity index (χ2v) is 4.52. The Hall–Kier alpha value is -2.59. The number of phenolic OH excluding ortho intramolecular Hbond substituents is 1. The number of para-hydroxylation sites is 1. The summed E-state index contributed by atoms with van der Waals surface area (Å²) in [6.45, 7) is 0. The molecule has 3 rings (SSSR count). The fourth-order valence-corrected chi connectivity index (χ4v) is 2.10. The molecule has 0 aliphatic heterocycles. The first kappa shape index (κ1) is 12.4. The van der Waals surface area contributed by atoms with Gasteiger partial charge in [-0.25, -0.2) is 4.79 Å². The summed E-state index contributed by atoms with van der Waals surface area (Å²) in [6.07, 6.45) is -1.09. The molecular weight excluding hydrogens is 256 g/mol. The van der Waals surface area contributed by atoms with Crippen molar-refractivity contribution in [3.8, 4) is 5.75 Å². The summed E-state index contributed by atoms with van der Waals surface area (Å²) < 4.78 is 5.19. The first-order valence-electron chi connectivity index (χ1n) is 6.15. The molecular formula is C16H12O4. The quantitative estimate of drug-likeness (QED) is 0.701. The van der Waals surface area contributed by atoms with Crippen molar-refractivity contribution in [3.05, 3.63) is 76.1 Å². The number of benzene rings is 2. The second-order valence-electron chi connectivity index (χ2n) is 4.52. The van der Waals surface area contributed by atoms with Gasteiger partial charge in [0.15, 0.2) is 0 Å². The lowest BCUT2D eigenvalue weighted by molar-refractivity contribution is 0.215. The van der Waals surface area contributed by atoms with Crippen molar-refractivity contribution in [1.29, 1.82) is 0 Å². The van der Waals surface area contributed by atoms with Crippen LogP contribution in [0.1, 0.15) is 17.2 Å². The molecule has 100 valence electrons. The molecule has 4 nitrogen and oxygen atoms in total. The van der Waals surface area contributed by atoms with Crippen LogP contribution in [0.25, 0.3) is 11.0 Å². The third kappa shape index (κ3) is 2.17. The van der Waals surface area contributed by atoms with Gasteiger partial charge in [0.2, 0.25) is 0 Å². The minimum atomic E-state index is -1.09. The van der Waals surface area contributed by atoms with Crippen LogP contribution in [-0.4, -0.2) is 10.2 Å². The Morgan fingerprint density at radius 3 is 2.45 bits per heavy atom. The van der Waals surface area contributed by atoms with Crippen LogP contribution in [0.5, 0.6) is 5.75 Å². The van der Waals surface area contributed by atoms with Gasteiger partial charge in [0.05, 0.1) is 5.56 Å². The summed E-state index contributed by atoms with van der Waals surface area (Å²) in [5.41, 5.74) is 0.614. The van der Waals surface area contributed by atoms with E-state index in [1.54, 1.807) is 30.3 Å². The Morgan fingerprint density at radius 2 is 1.70 bits per heavy atom. The molecule has 0 aliphatic rings. The number of hydrogen-bond acceptors (Lipinski definition) is 4. The molecule has 0 fully saturated rings. The zero-order chi connectivity index (χ0) is 14.1. The molecule has 0 radical (unpaired) electrons. The Kier molecular flexibility index (Phi) is 3.00. The smallest absolute Gasteiger partial charge is 0.342 e. The molecule has 20 heavy (non-hydrogen) atoms. The molecule has 0 amide bonds. The van der Waals surface area contributed by atoms with Crippen molar-refractivity contribution in [3.63, 3.8) is 0 Å². The summed E-state index contributed by atoms with van der Waals surface area (Å²) >= 11 is 0. The van der Waals surface area contributed by atoms with Gasteiger partial charge in [-0.15, -0.1) is 0 Å². The fraction of sp³-hybridized carbons (Fsp3) is 0.0625. The van der Waals surface area contributed by atoms with Crippen molar-refractivity contribution >= 4 is 11.0 Å². The third-order valence-corrected chi connectivity index (χ3v) is 3.17. The van der Waals surface area contributed by atoms with E-state index in [1.807, 2.05) is 12.1 Å². The van der Waals surface area contributed by atoms with Gasteiger partial charge in [-0.2, -0.15) is 0 Å². The monoisotopic (exact) mass is 268 g/mol. The van der Waals surface area contributed by atoms with E-state index in [0.29, 0.717) is 11.1 Å². The Morgan fingerprint density at radius 1 is 1.00 bits per heavy atom. The van der Waals surface area contributed by atoms with Gasteiger partial charge in [-0.1, -0.05) is 30.3 Å². The van der Waals surface area contributed by atoms with Gasteiger partial charge in [0.1, 0.15) is 17.4 Å². The van der Waals surface area contributed by atoms with E-state index in [9.17, 15) is 15.0 Å². The lowest BCUT2D eigenvalue weighted by Crippen LogP contribution is -2.13. The third-order valence-electron chi connectivity index (χ3n) is 3.17. The first-order valence-corrected chi connectivity index (χ1v) is 6.15. The van der Waals surface area contributed by atoms with Crippen LogP contribution in [0.4, 0.5) is 0 Å². The first-order chi connectivity index (χ1) is 9.65. The highest BCUT2D eigenvalue weighted by Gasteiger charge is 2.16. The van der Waals surface area contributed by atoms with Crippen molar-refractivity contribution in [1.82, 2.24) is 0 Å². The van der Waals surface area contributed by atoms with Crippen LogP contribution >= 0.6 is 0 Å². The molecule has 1 aromatic heterocycles. The van der Waals surface area contributed by atoms with Gasteiger partial charge >= 0.3 is 5.63 Å². The summed E-state index contributed by atoms with van der Waals surface area (Å²) in [7, 11) is 0. The molecule has 3 aromatic rings. The largest absolute Gasteiger partial charge is 0.508 e. The van der Waals surface area contributed by atoms with Crippen LogP contribution in [0.2, 0.25) is 0 Å². The van der Waals surface area contributed by atoms with E-state index in [0.717, 1.165) is 5.39 Å². The molecule has 0 aliphatic carbocycles. The van der Waals surface area contributed by atoms with Gasteiger partial charge in [-0.05, 0) is 29.8 Å². The molecule has 2 N–H and O–H groups in total. The van der Waals surface area contributed by atoms with E-state index < -0.39 is 11.7 Å². The highest BCUT2D eigenvalue weighted by Crippen LogP contribution is 2.23. The molecule has 0 bridgehead atoms. The molecule has 0 saturated carbocycles. The number of fused-ring (bicyclic) bond motifs is 1. The van der Waals surface area contributed by atoms with E-state index >= 15 is 0 Å². The zero-order valence-corrected chi connectivity index (χ0v) is 10.5. The summed E-state index contributed by atoms with van der Waals surface area (Å²) in [5.74, 6) is 0.103. The molecule has 1 unspecified atom stereocenters. The van der Waals surface area contributed by atoms with Crippen LogP contribution in [-0.2, 0) is 0 Å². The number of rotatable bonds is 2. The topological polar surface area (TPSA) is 70.7 Å². The van der Waals surface area contributed by atoms with Crippen molar-refractivity contribution in [2.75, 3.05) is 0 Å². The minimum Gasteiger partial charge on any atom is -0.508 e. The van der Waals surface area contributed by atoms with Crippen LogP contribution < -0.4 is 5.63 Å². The predicted molar refractivity (Wildman–Crippen MR) is 74.7 cm³/mol. The van der Waals surface area contributed by atoms with Gasteiger partial charge in [-0.3, -0.25) is 0 Å². The SMILES string of the molecule is O=c1oc2ccccc2cc1C(O)c1ccc(O)cc1. The zero-order valence-electron chi connectivity index (χ0n) is 10.5. The maximum Gasteiger partial charge on any atom is 0.342 e. The van der Waals surface area contributed by atoms with Gasteiger partial charge < -0.3 is 14.6 Å². The number of aromatic hydroxyl groups is 1. The summed E-state index contributed by atoms with van der Waals surface area (Å²) in [6, 6.07) is 14.8. The molecule has 0 spiro atoms. The number of aliphatic hydroxyl groups excluding tert-OH is 1. The Balaban J connectivity index is 2.11. The fourth-order valence-electron chi connectivity index (χ4n) is 2.10. The van der Waals surface area contributed by atoms with Crippen LogP contribution in [0.15, 0.2) is 63.8 Å². The average molecular weight is 268 g/mol. The molecule has 0 saturated heterocycles. The van der Waals surface area contributed by atoms with Crippen molar-refractivity contribution in [2.24, 2.45) is 0 Å². The molecule has 4 heteroatoms. The lowest BCUT2D eigenvalue weighted by Gasteiger charge is -2.10. The predicted octanol–water partition coefficient (Wildman–Crippen LogP) is 2.58. The summed E-state index contributed by atoms with van der Waals surface area (Å²) in [4.78, 5) is 11.9. The maximum absolute atomic E-state index is 11.9. The number of phenols is 1. The number of aliphatic hydroxyl groups is 1. The number of hydrogen-bond donors (Lipinski definition) is 2. The Bertz CT molecular complexity index is 803. The highest BCUT2D eigenvalue weighted by molar-refractivity contribution is 5.76. The standard InChI is InChI=1S/C16H12O4/c17-12-7-5-10(6-8-12)15(18)13-9-11-3-1-2-4-14(11)20-16(13)19/h1-9,15,17-18H. The summed E-state index contributed by atoms with van der Waals surface area (Å²) in [5, 5.41) is 20.3. The van der Waals surface area contributed by atoms with Crippen molar-refractivity contribution < 1.29 is 14.6 Å². The molecule has 1 heterocycles. The Labute approximate surface area is 114 Å². The van der Waals surface area contributed by atoms with E-state index in [-0.39, 0.29) is 11.3 Å². The van der Waals surface area contributed by atoms with Gasteiger partial charge in [0, 0.05) is 5.39 Å². The minimum absolute atomic E-state index is 0.103. The molecule has 1 atom stereocenters.